The summed E-state index contributed by atoms with van der Waals surface area (Å²) in [5, 5.41) is 11.2. The summed E-state index contributed by atoms with van der Waals surface area (Å²) in [6, 6.07) is 19.0. The van der Waals surface area contributed by atoms with Gasteiger partial charge in [-0.25, -0.2) is 0 Å². The molecule has 5 heteroatoms. The molecule has 0 aliphatic heterocycles. The summed E-state index contributed by atoms with van der Waals surface area (Å²) in [7, 11) is 0. The largest absolute Gasteiger partial charge is 0.507 e. The van der Waals surface area contributed by atoms with Crippen molar-refractivity contribution in [1.82, 2.24) is 4.98 Å². The summed E-state index contributed by atoms with van der Waals surface area (Å²) in [5.74, 6) is 0.169. The Labute approximate surface area is 173 Å². The first kappa shape index (κ1) is 19.0. The molecule has 0 amide bonds. The van der Waals surface area contributed by atoms with E-state index in [0.717, 1.165) is 33.2 Å². The van der Waals surface area contributed by atoms with Crippen molar-refractivity contribution in [2.75, 3.05) is 0 Å². The predicted octanol–water partition coefficient (Wildman–Crippen LogP) is 5.96. The van der Waals surface area contributed by atoms with Gasteiger partial charge in [0, 0.05) is 17.6 Å². The summed E-state index contributed by atoms with van der Waals surface area (Å²) in [5.41, 5.74) is 5.35. The lowest BCUT2D eigenvalue weighted by atomic mass is 9.96. The highest BCUT2D eigenvalue weighted by atomic mass is 35.5. The number of aromatic hydroxyl groups is 1. The van der Waals surface area contributed by atoms with Crippen molar-refractivity contribution in [3.05, 3.63) is 88.6 Å². The van der Waals surface area contributed by atoms with Crippen molar-refractivity contribution in [2.45, 2.75) is 13.5 Å². The molecular weight excluding hydrogens is 386 g/mol. The first-order valence-corrected chi connectivity index (χ1v) is 9.49. The first-order chi connectivity index (χ1) is 14.1. The second kappa shape index (κ2) is 7.94. The van der Waals surface area contributed by atoms with Crippen molar-refractivity contribution < 1.29 is 14.6 Å². The molecule has 0 radical (unpaired) electrons. The van der Waals surface area contributed by atoms with E-state index >= 15 is 0 Å². The van der Waals surface area contributed by atoms with Crippen molar-refractivity contribution in [3.8, 4) is 22.6 Å². The number of aldehydes is 1. The van der Waals surface area contributed by atoms with Gasteiger partial charge in [-0.15, -0.1) is 0 Å². The minimum absolute atomic E-state index is 0.130. The van der Waals surface area contributed by atoms with Crippen LogP contribution in [-0.2, 0) is 6.61 Å². The van der Waals surface area contributed by atoms with Crippen LogP contribution < -0.4 is 4.74 Å². The molecule has 0 bridgehead atoms. The number of hydrogen-bond donors (Lipinski definition) is 1. The van der Waals surface area contributed by atoms with E-state index in [1.165, 1.54) is 12.1 Å². The molecule has 0 spiro atoms. The predicted molar refractivity (Wildman–Crippen MR) is 115 cm³/mol. The maximum Gasteiger partial charge on any atom is 0.153 e. The summed E-state index contributed by atoms with van der Waals surface area (Å²) in [4.78, 5) is 15.3. The highest BCUT2D eigenvalue weighted by Crippen LogP contribution is 2.33. The molecule has 0 aliphatic rings. The molecule has 0 fully saturated rings. The molecule has 4 nitrogen and oxygen atoms in total. The van der Waals surface area contributed by atoms with Crippen LogP contribution in [-0.4, -0.2) is 16.4 Å². The molecule has 1 heterocycles. The van der Waals surface area contributed by atoms with Crippen LogP contribution in [0.5, 0.6) is 11.5 Å². The van der Waals surface area contributed by atoms with E-state index in [-0.39, 0.29) is 22.9 Å². The molecule has 144 valence electrons. The Morgan fingerprint density at radius 3 is 2.79 bits per heavy atom. The standard InChI is InChI=1S/C24H18ClNO3/c1-15-18(14-29-24-12-23(28)19(13-27)10-21(24)25)4-2-6-20(15)17-8-7-16-5-3-9-26-22(16)11-17/h2-13,28H,14H2,1H3. The topological polar surface area (TPSA) is 59.4 Å². The molecule has 4 aromatic rings. The summed E-state index contributed by atoms with van der Waals surface area (Å²) in [6.07, 6.45) is 2.34. The van der Waals surface area contributed by atoms with E-state index < -0.39 is 0 Å². The zero-order valence-electron chi connectivity index (χ0n) is 15.7. The van der Waals surface area contributed by atoms with E-state index in [1.54, 1.807) is 6.20 Å². The van der Waals surface area contributed by atoms with Crippen molar-refractivity contribution in [2.24, 2.45) is 0 Å². The van der Waals surface area contributed by atoms with E-state index in [2.05, 4.69) is 29.2 Å². The number of phenols is 1. The second-order valence-electron chi connectivity index (χ2n) is 6.75. The van der Waals surface area contributed by atoms with Gasteiger partial charge in [0.1, 0.15) is 18.1 Å². The zero-order chi connectivity index (χ0) is 20.4. The lowest BCUT2D eigenvalue weighted by molar-refractivity contribution is 0.112. The van der Waals surface area contributed by atoms with Crippen LogP contribution in [0.3, 0.4) is 0 Å². The minimum Gasteiger partial charge on any atom is -0.507 e. The molecule has 29 heavy (non-hydrogen) atoms. The number of carbonyl (C=O) groups is 1. The fraction of sp³-hybridized carbons (Fsp3) is 0.0833. The van der Waals surface area contributed by atoms with Gasteiger partial charge in [0.2, 0.25) is 0 Å². The molecule has 4 rings (SSSR count). The van der Waals surface area contributed by atoms with Gasteiger partial charge in [-0.2, -0.15) is 0 Å². The summed E-state index contributed by atoms with van der Waals surface area (Å²) >= 11 is 6.17. The first-order valence-electron chi connectivity index (χ1n) is 9.11. The second-order valence-corrected chi connectivity index (χ2v) is 7.16. The number of halogens is 1. The van der Waals surface area contributed by atoms with Crippen LogP contribution in [0.25, 0.3) is 22.0 Å². The van der Waals surface area contributed by atoms with Crippen LogP contribution in [0, 0.1) is 6.92 Å². The van der Waals surface area contributed by atoms with Gasteiger partial charge in [0.15, 0.2) is 6.29 Å². The third-order valence-electron chi connectivity index (χ3n) is 4.95. The lowest BCUT2D eigenvalue weighted by Gasteiger charge is -2.14. The maximum absolute atomic E-state index is 10.9. The van der Waals surface area contributed by atoms with Crippen LogP contribution in [0.2, 0.25) is 5.02 Å². The number of nitrogens with zero attached hydrogens (tertiary/aromatic N) is 1. The fourth-order valence-corrected chi connectivity index (χ4v) is 3.53. The highest BCUT2D eigenvalue weighted by molar-refractivity contribution is 6.32. The maximum atomic E-state index is 10.9. The molecule has 1 aromatic heterocycles. The number of pyridine rings is 1. The Balaban J connectivity index is 1.63. The molecule has 0 atom stereocenters. The Morgan fingerprint density at radius 1 is 1.10 bits per heavy atom. The van der Waals surface area contributed by atoms with Gasteiger partial charge in [0.25, 0.3) is 0 Å². The van der Waals surface area contributed by atoms with Gasteiger partial charge in [-0.3, -0.25) is 9.78 Å². The Bertz CT molecular complexity index is 1220. The van der Waals surface area contributed by atoms with E-state index in [9.17, 15) is 9.90 Å². The van der Waals surface area contributed by atoms with Crippen molar-refractivity contribution in [3.63, 3.8) is 0 Å². The Kier molecular flexibility index (Phi) is 5.19. The number of aromatic nitrogens is 1. The average Bonchev–Trinajstić information content (AvgIpc) is 2.74. The summed E-state index contributed by atoms with van der Waals surface area (Å²) < 4.78 is 5.82. The number of phenolic OH excluding ortho intramolecular Hbond substituents is 1. The summed E-state index contributed by atoms with van der Waals surface area (Å²) in [6.45, 7) is 2.33. The van der Waals surface area contributed by atoms with Gasteiger partial charge < -0.3 is 9.84 Å². The number of carbonyl (C=O) groups excluding carboxylic acids is 1. The van der Waals surface area contributed by atoms with Crippen molar-refractivity contribution >= 4 is 28.8 Å². The Morgan fingerprint density at radius 2 is 1.97 bits per heavy atom. The van der Waals surface area contributed by atoms with Gasteiger partial charge in [0.05, 0.1) is 16.1 Å². The number of ether oxygens (including phenoxy) is 1. The van der Waals surface area contributed by atoms with Crippen LogP contribution in [0.4, 0.5) is 0 Å². The molecule has 0 saturated carbocycles. The average molecular weight is 404 g/mol. The normalized spacial score (nSPS) is 10.8. The Hall–Kier alpha value is -3.37. The van der Waals surface area contributed by atoms with E-state index in [1.807, 2.05) is 31.2 Å². The third kappa shape index (κ3) is 3.80. The number of hydrogen-bond acceptors (Lipinski definition) is 4. The number of benzene rings is 3. The van der Waals surface area contributed by atoms with Crippen LogP contribution >= 0.6 is 11.6 Å². The minimum atomic E-state index is -0.159. The molecule has 3 aromatic carbocycles. The quantitative estimate of drug-likeness (QED) is 0.417. The zero-order valence-corrected chi connectivity index (χ0v) is 16.5. The smallest absolute Gasteiger partial charge is 0.153 e. The molecule has 0 aliphatic carbocycles. The fourth-order valence-electron chi connectivity index (χ4n) is 3.31. The number of fused-ring (bicyclic) bond motifs is 1. The molecule has 0 unspecified atom stereocenters. The SMILES string of the molecule is Cc1c(COc2cc(O)c(C=O)cc2Cl)cccc1-c1ccc2cccnc2c1. The van der Waals surface area contributed by atoms with Gasteiger partial charge in [-0.05, 0) is 47.4 Å². The molecular formula is C24H18ClNO3. The monoisotopic (exact) mass is 403 g/mol. The van der Waals surface area contributed by atoms with Crippen LogP contribution in [0.15, 0.2) is 66.9 Å². The molecule has 0 saturated heterocycles. The van der Waals surface area contributed by atoms with Gasteiger partial charge in [-0.1, -0.05) is 48.0 Å². The number of rotatable bonds is 5. The molecule has 1 N–H and O–H groups in total. The lowest BCUT2D eigenvalue weighted by Crippen LogP contribution is -2.00. The third-order valence-corrected chi connectivity index (χ3v) is 5.25. The highest BCUT2D eigenvalue weighted by Gasteiger charge is 2.11. The van der Waals surface area contributed by atoms with Crippen LogP contribution in [0.1, 0.15) is 21.5 Å². The van der Waals surface area contributed by atoms with E-state index in [0.29, 0.717) is 12.0 Å². The van der Waals surface area contributed by atoms with Gasteiger partial charge >= 0.3 is 0 Å². The van der Waals surface area contributed by atoms with Crippen molar-refractivity contribution in [1.29, 1.82) is 0 Å². The van der Waals surface area contributed by atoms with E-state index in [4.69, 9.17) is 16.3 Å².